The molecule has 2 aromatic rings. The molecule has 0 saturated carbocycles. The van der Waals surface area contributed by atoms with Gasteiger partial charge in [-0.1, -0.05) is 30.3 Å². The Kier molecular flexibility index (Phi) is 6.20. The van der Waals surface area contributed by atoms with Crippen molar-refractivity contribution < 1.29 is 0 Å². The molecule has 1 heterocycles. The van der Waals surface area contributed by atoms with Gasteiger partial charge < -0.3 is 16.0 Å². The molecule has 1 aromatic carbocycles. The predicted molar refractivity (Wildman–Crippen MR) is 97.3 cm³/mol. The van der Waals surface area contributed by atoms with Crippen LogP contribution >= 0.6 is 0 Å². The zero-order valence-electron chi connectivity index (χ0n) is 14.2. The van der Waals surface area contributed by atoms with Crippen LogP contribution in [0.4, 0.5) is 11.5 Å². The first-order chi connectivity index (χ1) is 11.5. The van der Waals surface area contributed by atoms with Gasteiger partial charge in [0.05, 0.1) is 0 Å². The molecule has 0 atom stereocenters. The molecule has 0 spiro atoms. The largest absolute Gasteiger partial charge is 0.383 e. The molecule has 7 nitrogen and oxygen atoms in total. The van der Waals surface area contributed by atoms with Crippen molar-refractivity contribution in [1.29, 1.82) is 0 Å². The van der Waals surface area contributed by atoms with Gasteiger partial charge in [-0.25, -0.2) is 4.79 Å². The predicted octanol–water partition coefficient (Wildman–Crippen LogP) is 1.07. The van der Waals surface area contributed by atoms with E-state index < -0.39 is 11.2 Å². The van der Waals surface area contributed by atoms with Crippen LogP contribution in [-0.2, 0) is 13.1 Å². The fourth-order valence-corrected chi connectivity index (χ4v) is 2.61. The summed E-state index contributed by atoms with van der Waals surface area (Å²) < 4.78 is 1.34. The summed E-state index contributed by atoms with van der Waals surface area (Å²) >= 11 is 0. The van der Waals surface area contributed by atoms with E-state index in [9.17, 15) is 9.59 Å². The van der Waals surface area contributed by atoms with Gasteiger partial charge in [-0.15, -0.1) is 0 Å². The van der Waals surface area contributed by atoms with Crippen molar-refractivity contribution >= 4 is 11.5 Å². The minimum atomic E-state index is -0.479. The van der Waals surface area contributed by atoms with Crippen LogP contribution in [0.5, 0.6) is 0 Å². The Hall–Kier alpha value is -2.54. The molecule has 2 rings (SSSR count). The Morgan fingerprint density at radius 2 is 1.96 bits per heavy atom. The number of H-pyrrole nitrogens is 1. The lowest BCUT2D eigenvalue weighted by Gasteiger charge is -2.17. The quantitative estimate of drug-likeness (QED) is 0.629. The lowest BCUT2D eigenvalue weighted by Crippen LogP contribution is -2.34. The van der Waals surface area contributed by atoms with Gasteiger partial charge in [0.25, 0.3) is 5.56 Å². The minimum Gasteiger partial charge on any atom is -0.383 e. The number of anilines is 2. The first kappa shape index (κ1) is 17.8. The summed E-state index contributed by atoms with van der Waals surface area (Å²) in [5.41, 5.74) is 6.49. The van der Waals surface area contributed by atoms with Crippen LogP contribution in [0.1, 0.15) is 18.9 Å². The highest BCUT2D eigenvalue weighted by Crippen LogP contribution is 2.10. The van der Waals surface area contributed by atoms with Gasteiger partial charge in [0.15, 0.2) is 0 Å². The van der Waals surface area contributed by atoms with Crippen LogP contribution in [0.3, 0.4) is 0 Å². The third-order valence-corrected chi connectivity index (χ3v) is 3.87. The lowest BCUT2D eigenvalue weighted by atomic mass is 10.2. The topological polar surface area (TPSA) is 96.2 Å². The molecule has 24 heavy (non-hydrogen) atoms. The maximum Gasteiger partial charge on any atom is 0.330 e. The molecule has 1 aromatic heterocycles. The number of hydrogen-bond donors (Lipinski definition) is 3. The average molecular weight is 331 g/mol. The van der Waals surface area contributed by atoms with E-state index in [1.165, 1.54) is 10.1 Å². The summed E-state index contributed by atoms with van der Waals surface area (Å²) in [5.74, 6) is 0.184. The Balaban J connectivity index is 1.86. The van der Waals surface area contributed by atoms with Crippen molar-refractivity contribution in [1.82, 2.24) is 14.5 Å². The molecule has 130 valence electrons. The molecule has 0 fully saturated rings. The maximum absolute atomic E-state index is 11.9. The Bertz CT molecular complexity index is 767. The van der Waals surface area contributed by atoms with Crippen LogP contribution in [0.25, 0.3) is 0 Å². The molecule has 0 radical (unpaired) electrons. The molecular formula is C17H25N5O2. The summed E-state index contributed by atoms with van der Waals surface area (Å²) in [5, 5.41) is 3.05. The van der Waals surface area contributed by atoms with Crippen LogP contribution in [0, 0.1) is 0 Å². The monoisotopic (exact) mass is 331 g/mol. The van der Waals surface area contributed by atoms with E-state index in [4.69, 9.17) is 5.73 Å². The first-order valence-corrected chi connectivity index (χ1v) is 8.11. The van der Waals surface area contributed by atoms with E-state index >= 15 is 0 Å². The van der Waals surface area contributed by atoms with Crippen molar-refractivity contribution in [2.45, 2.75) is 26.4 Å². The third kappa shape index (κ3) is 4.48. The summed E-state index contributed by atoms with van der Waals surface area (Å²) in [7, 11) is 2.06. The molecule has 7 heteroatoms. The summed E-state index contributed by atoms with van der Waals surface area (Å²) in [6.07, 6.45) is 0.855. The summed E-state index contributed by atoms with van der Waals surface area (Å²) in [6, 6.07) is 10.3. The SMILES string of the molecule is CCn1c(N)c(NCCCN(C)Cc2ccccc2)c(=O)[nH]c1=O. The van der Waals surface area contributed by atoms with E-state index in [1.807, 2.05) is 18.2 Å². The highest BCUT2D eigenvalue weighted by molar-refractivity contribution is 5.60. The lowest BCUT2D eigenvalue weighted by molar-refractivity contribution is 0.325. The normalized spacial score (nSPS) is 11.0. The van der Waals surface area contributed by atoms with Gasteiger partial charge in [0, 0.05) is 19.6 Å². The number of nitrogens with zero attached hydrogens (tertiary/aromatic N) is 2. The maximum atomic E-state index is 11.9. The van der Waals surface area contributed by atoms with Crippen LogP contribution in [0.2, 0.25) is 0 Å². The van der Waals surface area contributed by atoms with E-state index in [1.54, 1.807) is 6.92 Å². The molecule has 0 saturated heterocycles. The number of nitrogens with two attached hydrogens (primary N) is 1. The van der Waals surface area contributed by atoms with Crippen LogP contribution in [0.15, 0.2) is 39.9 Å². The van der Waals surface area contributed by atoms with Crippen molar-refractivity contribution in [2.75, 3.05) is 31.2 Å². The second kappa shape index (κ2) is 8.35. The van der Waals surface area contributed by atoms with Gasteiger partial charge in [-0.05, 0) is 32.5 Å². The number of hydrogen-bond acceptors (Lipinski definition) is 5. The molecule has 0 aliphatic heterocycles. The minimum absolute atomic E-state index is 0.184. The smallest absolute Gasteiger partial charge is 0.330 e. The molecule has 0 aliphatic rings. The second-order valence-electron chi connectivity index (χ2n) is 5.77. The molecule has 0 bridgehead atoms. The fourth-order valence-electron chi connectivity index (χ4n) is 2.61. The zero-order chi connectivity index (χ0) is 17.5. The van der Waals surface area contributed by atoms with E-state index in [0.29, 0.717) is 13.1 Å². The van der Waals surface area contributed by atoms with Crippen molar-refractivity contribution in [3.05, 3.63) is 56.7 Å². The zero-order valence-corrected chi connectivity index (χ0v) is 14.2. The molecule has 4 N–H and O–H groups in total. The Morgan fingerprint density at radius 3 is 2.62 bits per heavy atom. The number of rotatable bonds is 8. The van der Waals surface area contributed by atoms with E-state index in [0.717, 1.165) is 19.5 Å². The second-order valence-corrected chi connectivity index (χ2v) is 5.77. The third-order valence-electron chi connectivity index (χ3n) is 3.87. The molecule has 0 aliphatic carbocycles. The highest BCUT2D eigenvalue weighted by atomic mass is 16.2. The van der Waals surface area contributed by atoms with Gasteiger partial charge in [0.2, 0.25) is 0 Å². The number of nitrogen functional groups attached to an aromatic ring is 1. The number of aromatic amines is 1. The molecular weight excluding hydrogens is 306 g/mol. The number of nitrogens with one attached hydrogen (secondary N) is 2. The van der Waals surface area contributed by atoms with Crippen molar-refractivity contribution in [3.63, 3.8) is 0 Å². The van der Waals surface area contributed by atoms with Crippen molar-refractivity contribution in [3.8, 4) is 0 Å². The number of aromatic nitrogens is 2. The number of benzene rings is 1. The fraction of sp³-hybridized carbons (Fsp3) is 0.412. The van der Waals surface area contributed by atoms with Crippen molar-refractivity contribution in [2.24, 2.45) is 0 Å². The Morgan fingerprint density at radius 1 is 1.25 bits per heavy atom. The van der Waals surface area contributed by atoms with Gasteiger partial charge >= 0.3 is 5.69 Å². The molecule has 0 unspecified atom stereocenters. The average Bonchev–Trinajstić information content (AvgIpc) is 2.55. The van der Waals surface area contributed by atoms with Crippen LogP contribution < -0.4 is 22.3 Å². The summed E-state index contributed by atoms with van der Waals surface area (Å²) in [6.45, 7) is 4.58. The molecule has 0 amide bonds. The summed E-state index contributed by atoms with van der Waals surface area (Å²) in [4.78, 5) is 28.0. The van der Waals surface area contributed by atoms with E-state index in [2.05, 4.69) is 34.4 Å². The van der Waals surface area contributed by atoms with Gasteiger partial charge in [0.1, 0.15) is 11.5 Å². The first-order valence-electron chi connectivity index (χ1n) is 8.11. The van der Waals surface area contributed by atoms with Crippen LogP contribution in [-0.4, -0.2) is 34.6 Å². The highest BCUT2D eigenvalue weighted by Gasteiger charge is 2.10. The van der Waals surface area contributed by atoms with Gasteiger partial charge in [-0.3, -0.25) is 14.3 Å². The van der Waals surface area contributed by atoms with E-state index in [-0.39, 0.29) is 11.5 Å². The Labute approximate surface area is 141 Å². The van der Waals surface area contributed by atoms with Gasteiger partial charge in [-0.2, -0.15) is 0 Å². The standard InChI is InChI=1S/C17H25N5O2/c1-3-22-15(18)14(16(23)20-17(22)24)19-10-7-11-21(2)12-13-8-5-4-6-9-13/h4-6,8-9,19H,3,7,10-12,18H2,1-2H3,(H,20,23,24).